The summed E-state index contributed by atoms with van der Waals surface area (Å²) in [5.74, 6) is 2.46. The molecule has 2 saturated carbocycles. The van der Waals surface area contributed by atoms with Crippen LogP contribution in [0.1, 0.15) is 45.4 Å². The first-order valence-electron chi connectivity index (χ1n) is 7.17. The summed E-state index contributed by atoms with van der Waals surface area (Å²) in [6, 6.07) is 0. The lowest BCUT2D eigenvalue weighted by Crippen LogP contribution is -2.35. The van der Waals surface area contributed by atoms with E-state index < -0.39 is 0 Å². The summed E-state index contributed by atoms with van der Waals surface area (Å²) >= 11 is 0. The average molecular weight is 238 g/mol. The van der Waals surface area contributed by atoms with Crippen molar-refractivity contribution in [1.29, 1.82) is 0 Å². The molecule has 1 atom stereocenters. The molecule has 98 valence electrons. The van der Waals surface area contributed by atoms with E-state index in [2.05, 4.69) is 11.8 Å². The van der Waals surface area contributed by atoms with Crippen LogP contribution < -0.4 is 5.73 Å². The molecule has 2 aliphatic carbocycles. The van der Waals surface area contributed by atoms with Crippen molar-refractivity contribution in [2.24, 2.45) is 23.5 Å². The number of nitrogens with zero attached hydrogens (tertiary/aromatic N) is 1. The van der Waals surface area contributed by atoms with E-state index in [1.807, 2.05) is 0 Å². The number of carbonyl (C=O) groups is 1. The van der Waals surface area contributed by atoms with Crippen molar-refractivity contribution in [2.75, 3.05) is 19.6 Å². The number of rotatable bonds is 8. The number of amides is 1. The molecular formula is C14H26N2O. The molecule has 0 aromatic rings. The van der Waals surface area contributed by atoms with Crippen LogP contribution in [0.25, 0.3) is 0 Å². The average Bonchev–Trinajstić information content (AvgIpc) is 3.18. The zero-order valence-electron chi connectivity index (χ0n) is 11.0. The highest BCUT2D eigenvalue weighted by Gasteiger charge is 2.31. The maximum atomic E-state index is 12.2. The van der Waals surface area contributed by atoms with Gasteiger partial charge in [0.05, 0.1) is 0 Å². The molecule has 0 heterocycles. The predicted molar refractivity (Wildman–Crippen MR) is 69.5 cm³/mol. The van der Waals surface area contributed by atoms with E-state index in [1.165, 1.54) is 25.7 Å². The van der Waals surface area contributed by atoms with Crippen molar-refractivity contribution in [2.45, 2.75) is 45.4 Å². The van der Waals surface area contributed by atoms with Gasteiger partial charge in [-0.3, -0.25) is 4.79 Å². The van der Waals surface area contributed by atoms with Gasteiger partial charge in [0.1, 0.15) is 0 Å². The predicted octanol–water partition coefficient (Wildman–Crippen LogP) is 2.01. The molecule has 3 heteroatoms. The van der Waals surface area contributed by atoms with Crippen LogP contribution in [0, 0.1) is 17.8 Å². The van der Waals surface area contributed by atoms with Gasteiger partial charge in [-0.15, -0.1) is 0 Å². The fourth-order valence-electron chi connectivity index (χ4n) is 2.15. The lowest BCUT2D eigenvalue weighted by molar-refractivity contribution is -0.132. The van der Waals surface area contributed by atoms with Gasteiger partial charge in [0.25, 0.3) is 0 Å². The van der Waals surface area contributed by atoms with Gasteiger partial charge in [-0.2, -0.15) is 0 Å². The van der Waals surface area contributed by atoms with E-state index >= 15 is 0 Å². The van der Waals surface area contributed by atoms with Crippen molar-refractivity contribution >= 4 is 5.91 Å². The van der Waals surface area contributed by atoms with E-state index in [-0.39, 0.29) is 0 Å². The fourth-order valence-corrected chi connectivity index (χ4v) is 2.15. The fraction of sp³-hybridized carbons (Fsp3) is 0.929. The molecule has 0 aromatic heterocycles. The number of hydrogen-bond donors (Lipinski definition) is 1. The highest BCUT2D eigenvalue weighted by atomic mass is 16.2. The Morgan fingerprint density at radius 3 is 2.18 bits per heavy atom. The summed E-state index contributed by atoms with van der Waals surface area (Å²) in [4.78, 5) is 14.3. The number of nitrogens with two attached hydrogens (primary N) is 1. The van der Waals surface area contributed by atoms with E-state index in [4.69, 9.17) is 5.73 Å². The molecule has 0 spiro atoms. The van der Waals surface area contributed by atoms with Gasteiger partial charge >= 0.3 is 0 Å². The van der Waals surface area contributed by atoms with Crippen molar-refractivity contribution in [3.05, 3.63) is 0 Å². The van der Waals surface area contributed by atoms with Gasteiger partial charge in [-0.25, -0.2) is 0 Å². The molecule has 0 aromatic carbocycles. The molecule has 1 amide bonds. The van der Waals surface area contributed by atoms with Crippen LogP contribution in [0.2, 0.25) is 0 Å². The molecular weight excluding hydrogens is 212 g/mol. The first-order valence-corrected chi connectivity index (χ1v) is 7.17. The van der Waals surface area contributed by atoms with Crippen LogP contribution in [-0.2, 0) is 4.79 Å². The third-order valence-corrected chi connectivity index (χ3v) is 3.96. The van der Waals surface area contributed by atoms with Crippen LogP contribution in [0.5, 0.6) is 0 Å². The minimum absolute atomic E-state index is 0.365. The van der Waals surface area contributed by atoms with E-state index in [0.717, 1.165) is 31.3 Å². The summed E-state index contributed by atoms with van der Waals surface area (Å²) in [5, 5.41) is 0. The minimum atomic E-state index is 0.365. The van der Waals surface area contributed by atoms with Gasteiger partial charge in [0, 0.05) is 19.5 Å². The Labute approximate surface area is 105 Å². The molecule has 1 unspecified atom stereocenters. The van der Waals surface area contributed by atoms with Crippen LogP contribution in [0.4, 0.5) is 0 Å². The molecule has 0 bridgehead atoms. The smallest absolute Gasteiger partial charge is 0.222 e. The molecule has 0 radical (unpaired) electrons. The number of hydrogen-bond acceptors (Lipinski definition) is 2. The SMILES string of the molecule is CC(CN)CCC(=O)N(CC1CC1)CC1CC1. The van der Waals surface area contributed by atoms with E-state index in [9.17, 15) is 4.79 Å². The third kappa shape index (κ3) is 4.66. The van der Waals surface area contributed by atoms with Crippen molar-refractivity contribution in [3.8, 4) is 0 Å². The second-order valence-corrected chi connectivity index (χ2v) is 6.07. The Morgan fingerprint density at radius 2 is 1.76 bits per heavy atom. The molecule has 0 aliphatic heterocycles. The molecule has 17 heavy (non-hydrogen) atoms. The third-order valence-electron chi connectivity index (χ3n) is 3.96. The van der Waals surface area contributed by atoms with Gasteiger partial charge in [-0.05, 0) is 56.4 Å². The Kier molecular flexibility index (Phi) is 4.43. The second-order valence-electron chi connectivity index (χ2n) is 6.07. The van der Waals surface area contributed by atoms with Crippen molar-refractivity contribution < 1.29 is 4.79 Å². The summed E-state index contributed by atoms with van der Waals surface area (Å²) in [6.45, 7) is 4.86. The zero-order chi connectivity index (χ0) is 12.3. The number of carbonyl (C=O) groups excluding carboxylic acids is 1. The lowest BCUT2D eigenvalue weighted by Gasteiger charge is -2.23. The highest BCUT2D eigenvalue weighted by molar-refractivity contribution is 5.76. The van der Waals surface area contributed by atoms with Gasteiger partial charge < -0.3 is 10.6 Å². The van der Waals surface area contributed by atoms with Gasteiger partial charge in [0.15, 0.2) is 0 Å². The Balaban J connectivity index is 1.73. The Hall–Kier alpha value is -0.570. The molecule has 3 nitrogen and oxygen atoms in total. The molecule has 2 fully saturated rings. The standard InChI is InChI=1S/C14H26N2O/c1-11(8-15)2-7-14(17)16(9-12-3-4-12)10-13-5-6-13/h11-13H,2-10,15H2,1H3. The van der Waals surface area contributed by atoms with Gasteiger partial charge in [0.2, 0.25) is 5.91 Å². The van der Waals surface area contributed by atoms with E-state index in [0.29, 0.717) is 24.8 Å². The topological polar surface area (TPSA) is 46.3 Å². The van der Waals surface area contributed by atoms with Crippen LogP contribution >= 0.6 is 0 Å². The monoisotopic (exact) mass is 238 g/mol. The van der Waals surface area contributed by atoms with Crippen molar-refractivity contribution in [3.63, 3.8) is 0 Å². The van der Waals surface area contributed by atoms with Crippen molar-refractivity contribution in [1.82, 2.24) is 4.90 Å². The summed E-state index contributed by atoms with van der Waals surface area (Å²) < 4.78 is 0. The summed E-state index contributed by atoms with van der Waals surface area (Å²) in [7, 11) is 0. The summed E-state index contributed by atoms with van der Waals surface area (Å²) in [6.07, 6.45) is 6.95. The van der Waals surface area contributed by atoms with E-state index in [1.54, 1.807) is 0 Å². The summed E-state index contributed by atoms with van der Waals surface area (Å²) in [5.41, 5.74) is 5.59. The Bertz CT molecular complexity index is 245. The first kappa shape index (κ1) is 12.9. The molecule has 0 saturated heterocycles. The molecule has 2 aliphatic rings. The lowest BCUT2D eigenvalue weighted by atomic mass is 10.1. The maximum Gasteiger partial charge on any atom is 0.222 e. The van der Waals surface area contributed by atoms with Crippen LogP contribution in [0.15, 0.2) is 0 Å². The second kappa shape index (κ2) is 5.85. The largest absolute Gasteiger partial charge is 0.342 e. The molecule has 2 N–H and O–H groups in total. The highest BCUT2D eigenvalue weighted by Crippen LogP contribution is 2.34. The quantitative estimate of drug-likeness (QED) is 0.703. The van der Waals surface area contributed by atoms with Crippen LogP contribution in [0.3, 0.4) is 0 Å². The maximum absolute atomic E-state index is 12.2. The first-order chi connectivity index (χ1) is 8.19. The normalized spacial score (nSPS) is 21.3. The zero-order valence-corrected chi connectivity index (χ0v) is 11.0. The minimum Gasteiger partial charge on any atom is -0.342 e. The molecule has 2 rings (SSSR count). The Morgan fingerprint density at radius 1 is 1.24 bits per heavy atom. The van der Waals surface area contributed by atoms with Gasteiger partial charge in [-0.1, -0.05) is 6.92 Å². The van der Waals surface area contributed by atoms with Crippen LogP contribution in [-0.4, -0.2) is 30.4 Å².